The van der Waals surface area contributed by atoms with E-state index in [2.05, 4.69) is 25.9 Å². The number of carbonyl (C=O) groups excluding carboxylic acids is 4. The molecule has 10 heteroatoms. The van der Waals surface area contributed by atoms with Gasteiger partial charge in [-0.15, -0.1) is 11.3 Å². The molecule has 3 atom stereocenters. The van der Waals surface area contributed by atoms with Gasteiger partial charge < -0.3 is 16.0 Å². The van der Waals surface area contributed by atoms with Gasteiger partial charge in [0.25, 0.3) is 5.91 Å². The van der Waals surface area contributed by atoms with Crippen molar-refractivity contribution in [3.05, 3.63) is 59.4 Å². The first-order valence-electron chi connectivity index (χ1n) is 12.2. The molecule has 3 N–H and O–H groups in total. The van der Waals surface area contributed by atoms with Crippen molar-refractivity contribution < 1.29 is 19.2 Å². The van der Waals surface area contributed by atoms with Crippen LogP contribution in [0.1, 0.15) is 52.4 Å². The summed E-state index contributed by atoms with van der Waals surface area (Å²) in [6, 6.07) is 10.7. The molecule has 1 aromatic carbocycles. The molecule has 3 amide bonds. The molecule has 9 nitrogen and oxygen atoms in total. The van der Waals surface area contributed by atoms with Crippen molar-refractivity contribution in [3.8, 4) is 0 Å². The van der Waals surface area contributed by atoms with Crippen LogP contribution in [0.25, 0.3) is 10.2 Å². The summed E-state index contributed by atoms with van der Waals surface area (Å²) < 4.78 is 0.874. The quantitative estimate of drug-likeness (QED) is 0.363. The van der Waals surface area contributed by atoms with E-state index < -0.39 is 23.9 Å². The van der Waals surface area contributed by atoms with Crippen LogP contribution in [0, 0.1) is 11.8 Å². The Labute approximate surface area is 212 Å². The third-order valence-electron chi connectivity index (χ3n) is 6.61. The Morgan fingerprint density at radius 3 is 2.50 bits per heavy atom. The van der Waals surface area contributed by atoms with Gasteiger partial charge in [0.15, 0.2) is 5.01 Å². The second-order valence-corrected chi connectivity index (χ2v) is 10.4. The van der Waals surface area contributed by atoms with Crippen LogP contribution in [0.3, 0.4) is 0 Å². The molecule has 0 radical (unpaired) electrons. The summed E-state index contributed by atoms with van der Waals surface area (Å²) in [5.74, 6) is -1.36. The Balaban J connectivity index is 1.36. The summed E-state index contributed by atoms with van der Waals surface area (Å²) in [5.41, 5.74) is 0.930. The van der Waals surface area contributed by atoms with E-state index in [0.717, 1.165) is 17.5 Å². The Morgan fingerprint density at radius 2 is 1.81 bits per heavy atom. The van der Waals surface area contributed by atoms with E-state index in [9.17, 15) is 19.2 Å². The van der Waals surface area contributed by atoms with Crippen LogP contribution in [-0.2, 0) is 9.59 Å². The molecule has 1 aliphatic carbocycles. The Hall–Kier alpha value is -3.66. The number of carbonyl (C=O) groups is 4. The van der Waals surface area contributed by atoms with E-state index in [1.54, 1.807) is 18.2 Å². The molecule has 1 saturated heterocycles. The molecule has 0 bridgehead atoms. The van der Waals surface area contributed by atoms with Crippen LogP contribution >= 0.6 is 11.3 Å². The van der Waals surface area contributed by atoms with E-state index in [1.807, 2.05) is 24.3 Å². The summed E-state index contributed by atoms with van der Waals surface area (Å²) in [4.78, 5) is 60.5. The minimum atomic E-state index is -0.930. The lowest BCUT2D eigenvalue weighted by atomic mass is 9.95. The molecule has 3 heterocycles. The number of amides is 3. The molecule has 0 spiro atoms. The molecule has 2 unspecified atom stereocenters. The summed E-state index contributed by atoms with van der Waals surface area (Å²) in [7, 11) is 0. The smallest absolute Gasteiger partial charge is 0.270 e. The summed E-state index contributed by atoms with van der Waals surface area (Å²) in [6.07, 6.45) is 4.77. The van der Waals surface area contributed by atoms with Crippen molar-refractivity contribution in [2.75, 3.05) is 6.54 Å². The Kier molecular flexibility index (Phi) is 7.04. The highest BCUT2D eigenvalue weighted by Crippen LogP contribution is 2.34. The molecule has 2 fully saturated rings. The number of thiazole rings is 1. The van der Waals surface area contributed by atoms with Gasteiger partial charge in [-0.1, -0.05) is 31.0 Å². The minimum absolute atomic E-state index is 0.121. The van der Waals surface area contributed by atoms with E-state index in [0.29, 0.717) is 30.8 Å². The van der Waals surface area contributed by atoms with Gasteiger partial charge >= 0.3 is 0 Å². The van der Waals surface area contributed by atoms with Gasteiger partial charge in [0.2, 0.25) is 17.6 Å². The number of Topliss-reactive ketones (excluding diaryl/α,β-unsaturated/α-hetero) is 1. The topological polar surface area (TPSA) is 130 Å². The number of rotatable bonds is 10. The van der Waals surface area contributed by atoms with E-state index in [4.69, 9.17) is 0 Å². The third kappa shape index (κ3) is 5.59. The minimum Gasteiger partial charge on any atom is -0.356 e. The van der Waals surface area contributed by atoms with Gasteiger partial charge in [-0.25, -0.2) is 4.98 Å². The zero-order valence-electron chi connectivity index (χ0n) is 19.6. The van der Waals surface area contributed by atoms with Crippen LogP contribution < -0.4 is 16.0 Å². The summed E-state index contributed by atoms with van der Waals surface area (Å²) in [6.45, 7) is 0.546. The lowest BCUT2D eigenvalue weighted by Gasteiger charge is -2.23. The largest absolute Gasteiger partial charge is 0.356 e. The maximum Gasteiger partial charge on any atom is 0.270 e. The van der Waals surface area contributed by atoms with Crippen molar-refractivity contribution in [2.45, 2.75) is 44.2 Å². The van der Waals surface area contributed by atoms with E-state index >= 15 is 0 Å². The van der Waals surface area contributed by atoms with Crippen molar-refractivity contribution in [1.29, 1.82) is 0 Å². The van der Waals surface area contributed by atoms with Crippen LogP contribution in [0.5, 0.6) is 0 Å². The van der Waals surface area contributed by atoms with Crippen molar-refractivity contribution in [2.24, 2.45) is 11.8 Å². The SMILES string of the molecule is O=C(NC(CC1CC1)C(=O)NC(C[C@@H]1CCNC1=O)C(=O)c1nc2ccccc2s1)c1ccccn1. The third-order valence-corrected chi connectivity index (χ3v) is 7.66. The highest BCUT2D eigenvalue weighted by molar-refractivity contribution is 7.20. The van der Waals surface area contributed by atoms with Crippen molar-refractivity contribution in [3.63, 3.8) is 0 Å². The van der Waals surface area contributed by atoms with Crippen molar-refractivity contribution in [1.82, 2.24) is 25.9 Å². The molecule has 1 aliphatic heterocycles. The highest BCUT2D eigenvalue weighted by Gasteiger charge is 2.36. The Morgan fingerprint density at radius 1 is 1.00 bits per heavy atom. The molecule has 5 rings (SSSR count). The molecular formula is C26H27N5O4S. The first kappa shape index (κ1) is 24.1. The monoisotopic (exact) mass is 505 g/mol. The predicted molar refractivity (Wildman–Crippen MR) is 134 cm³/mol. The van der Waals surface area contributed by atoms with E-state index in [1.165, 1.54) is 17.5 Å². The van der Waals surface area contributed by atoms with Crippen LogP contribution in [-0.4, -0.2) is 52.1 Å². The van der Waals surface area contributed by atoms with Crippen LogP contribution in [0.4, 0.5) is 0 Å². The Bertz CT molecular complexity index is 1260. The molecule has 36 heavy (non-hydrogen) atoms. The number of ketones is 1. The number of para-hydroxylation sites is 1. The lowest BCUT2D eigenvalue weighted by Crippen LogP contribution is -2.52. The van der Waals surface area contributed by atoms with Crippen LogP contribution in [0.15, 0.2) is 48.7 Å². The standard InChI is InChI=1S/C26H27N5O4S/c32-22(26-31-17-5-1-2-7-21(17)36-26)19(14-16-10-12-28-23(16)33)29-25(35)20(13-15-8-9-15)30-24(34)18-6-3-4-11-27-18/h1-7,11,15-16,19-20H,8-10,12-14H2,(H,28,33)(H,29,35)(H,30,34)/t16-,19?,20?/m0/s1. The number of benzene rings is 1. The van der Waals surface area contributed by atoms with E-state index in [-0.39, 0.29) is 34.7 Å². The predicted octanol–water partition coefficient (Wildman–Crippen LogP) is 2.48. The fourth-order valence-electron chi connectivity index (χ4n) is 4.43. The molecule has 2 aromatic heterocycles. The highest BCUT2D eigenvalue weighted by atomic mass is 32.1. The van der Waals surface area contributed by atoms with Gasteiger partial charge in [-0.3, -0.25) is 24.2 Å². The molecule has 186 valence electrons. The van der Waals surface area contributed by atoms with Gasteiger partial charge in [0.05, 0.1) is 16.3 Å². The molecule has 2 aliphatic rings. The molecule has 1 saturated carbocycles. The molecule has 3 aromatic rings. The maximum absolute atomic E-state index is 13.5. The number of hydrogen-bond donors (Lipinski definition) is 3. The summed E-state index contributed by atoms with van der Waals surface area (Å²) >= 11 is 1.27. The number of pyridine rings is 1. The number of aromatic nitrogens is 2. The van der Waals surface area contributed by atoms with Crippen LogP contribution in [0.2, 0.25) is 0 Å². The van der Waals surface area contributed by atoms with Crippen molar-refractivity contribution >= 4 is 45.1 Å². The molecular weight excluding hydrogens is 478 g/mol. The number of fused-ring (bicyclic) bond motifs is 1. The van der Waals surface area contributed by atoms with Gasteiger partial charge in [-0.2, -0.15) is 0 Å². The fourth-order valence-corrected chi connectivity index (χ4v) is 5.39. The van der Waals surface area contributed by atoms with Gasteiger partial charge in [-0.05, 0) is 49.4 Å². The second-order valence-electron chi connectivity index (χ2n) is 9.34. The summed E-state index contributed by atoms with van der Waals surface area (Å²) in [5, 5.41) is 8.73. The average molecular weight is 506 g/mol. The average Bonchev–Trinajstić information content (AvgIpc) is 3.46. The second kappa shape index (κ2) is 10.5. The number of hydrogen-bond acceptors (Lipinski definition) is 7. The number of nitrogens with one attached hydrogen (secondary N) is 3. The normalized spacial score (nSPS) is 18.9. The first-order chi connectivity index (χ1) is 17.5. The lowest BCUT2D eigenvalue weighted by molar-refractivity contribution is -0.125. The zero-order chi connectivity index (χ0) is 25.1. The fraction of sp³-hybridized carbons (Fsp3) is 0.385. The first-order valence-corrected chi connectivity index (χ1v) is 13.0. The number of nitrogens with zero attached hydrogens (tertiary/aromatic N) is 2. The van der Waals surface area contributed by atoms with Gasteiger partial charge in [0, 0.05) is 18.7 Å². The zero-order valence-corrected chi connectivity index (χ0v) is 20.4. The van der Waals surface area contributed by atoms with Gasteiger partial charge in [0.1, 0.15) is 11.7 Å². The maximum atomic E-state index is 13.5.